The minimum Gasteiger partial charge on any atom is -0.332 e. The van der Waals surface area contributed by atoms with E-state index in [9.17, 15) is 4.39 Å². The highest BCUT2D eigenvalue weighted by atomic mass is 35.5. The smallest absolute Gasteiger partial charge is 0.245 e. The summed E-state index contributed by atoms with van der Waals surface area (Å²) in [6, 6.07) is 11.1. The molecule has 4 nitrogen and oxygen atoms in total. The molecule has 0 saturated heterocycles. The summed E-state index contributed by atoms with van der Waals surface area (Å²) in [5, 5.41) is 6.12. The summed E-state index contributed by atoms with van der Waals surface area (Å²) < 4.78 is 16.4. The Morgan fingerprint density at radius 3 is 2.55 bits per heavy atom. The first kappa shape index (κ1) is 22.7. The fraction of sp³-hybridized carbons (Fsp3) is 0.462. The van der Waals surface area contributed by atoms with E-state index in [1.165, 1.54) is 12.8 Å². The average molecular weight is 487 g/mol. The van der Waals surface area contributed by atoms with Gasteiger partial charge in [-0.3, -0.25) is 0 Å². The lowest BCUT2D eigenvalue weighted by molar-refractivity contribution is 0.521. The van der Waals surface area contributed by atoms with Crippen molar-refractivity contribution in [3.05, 3.63) is 69.2 Å². The van der Waals surface area contributed by atoms with Crippen LogP contribution >= 0.6 is 23.2 Å². The molecule has 3 aromatic rings. The number of hydrogen-bond donors (Lipinski definition) is 0. The topological polar surface area (TPSA) is 34.0 Å². The van der Waals surface area contributed by atoms with Crippen molar-refractivity contribution in [1.82, 2.24) is 14.8 Å². The van der Waals surface area contributed by atoms with Crippen molar-refractivity contribution in [2.45, 2.75) is 64.3 Å². The van der Waals surface area contributed by atoms with Gasteiger partial charge in [0.05, 0.1) is 16.8 Å². The number of aryl methyl sites for hydroxylation is 1. The van der Waals surface area contributed by atoms with Gasteiger partial charge in [0.25, 0.3) is 0 Å². The maximum atomic E-state index is 14.5. The van der Waals surface area contributed by atoms with Crippen molar-refractivity contribution in [2.24, 2.45) is 5.92 Å². The maximum Gasteiger partial charge on any atom is 0.245 e. The number of aromatic nitrogens is 3. The van der Waals surface area contributed by atoms with E-state index in [0.29, 0.717) is 33.4 Å². The second-order valence-electron chi connectivity index (χ2n) is 9.45. The van der Waals surface area contributed by atoms with Gasteiger partial charge in [-0.05, 0) is 73.9 Å². The lowest BCUT2D eigenvalue weighted by Gasteiger charge is -2.31. The first-order chi connectivity index (χ1) is 15.9. The van der Waals surface area contributed by atoms with Crippen molar-refractivity contribution in [3.63, 3.8) is 0 Å². The predicted octanol–water partition coefficient (Wildman–Crippen LogP) is 7.66. The number of rotatable bonds is 9. The molecule has 7 heteroatoms. The van der Waals surface area contributed by atoms with E-state index in [4.69, 9.17) is 33.3 Å². The first-order valence-electron chi connectivity index (χ1n) is 11.9. The molecular weight excluding hydrogens is 458 g/mol. The Bertz CT molecular complexity index is 1150. The number of halogens is 3. The highest BCUT2D eigenvalue weighted by molar-refractivity contribution is 6.35. The summed E-state index contributed by atoms with van der Waals surface area (Å²) >= 11 is 12.7. The molecule has 1 aromatic heterocycles. The molecule has 2 aromatic carbocycles. The Kier molecular flexibility index (Phi) is 6.37. The molecular formula is C26H29Cl2FN4. The standard InChI is InChI=1S/C26H29Cl2FN4/c1-3-12-32(24(13-17-5-6-17)19-7-4-16(2)22(29)14-19)26-30-25(18-8-9-18)33(31-26)23-11-10-20(27)15-21(23)28/h4,7,10-11,14-15,17-18,24H,3,5-6,8-9,12-13H2,1-2H3. The molecule has 2 aliphatic rings. The molecule has 2 fully saturated rings. The zero-order valence-electron chi connectivity index (χ0n) is 19.1. The highest BCUT2D eigenvalue weighted by Gasteiger charge is 2.35. The van der Waals surface area contributed by atoms with Crippen LogP contribution in [0.15, 0.2) is 36.4 Å². The summed E-state index contributed by atoms with van der Waals surface area (Å²) in [4.78, 5) is 7.31. The zero-order chi connectivity index (χ0) is 23.1. The summed E-state index contributed by atoms with van der Waals surface area (Å²) in [6.07, 6.45) is 6.61. The Morgan fingerprint density at radius 1 is 1.12 bits per heavy atom. The third-order valence-corrected chi connectivity index (χ3v) is 7.17. The van der Waals surface area contributed by atoms with E-state index in [-0.39, 0.29) is 11.9 Å². The molecule has 0 radical (unpaired) electrons. The number of anilines is 1. The molecule has 174 valence electrons. The molecule has 0 aliphatic heterocycles. The van der Waals surface area contributed by atoms with E-state index < -0.39 is 0 Å². The second kappa shape index (κ2) is 9.27. The Balaban J connectivity index is 1.58. The van der Waals surface area contributed by atoms with Gasteiger partial charge in [0.15, 0.2) is 0 Å². The summed E-state index contributed by atoms with van der Waals surface area (Å²) in [7, 11) is 0. The quantitative estimate of drug-likeness (QED) is 0.311. The first-order valence-corrected chi connectivity index (χ1v) is 12.6. The molecule has 0 spiro atoms. The lowest BCUT2D eigenvalue weighted by Crippen LogP contribution is -2.31. The second-order valence-corrected chi connectivity index (χ2v) is 10.3. The third kappa shape index (κ3) is 4.90. The molecule has 1 unspecified atom stereocenters. The molecule has 33 heavy (non-hydrogen) atoms. The average Bonchev–Trinajstić information content (AvgIpc) is 3.72. The number of hydrogen-bond acceptors (Lipinski definition) is 3. The predicted molar refractivity (Wildman–Crippen MR) is 132 cm³/mol. The van der Waals surface area contributed by atoms with Gasteiger partial charge in [-0.2, -0.15) is 4.98 Å². The molecule has 2 aliphatic carbocycles. The van der Waals surface area contributed by atoms with Crippen LogP contribution in [0.5, 0.6) is 0 Å². The van der Waals surface area contributed by atoms with Crippen LogP contribution in [0.3, 0.4) is 0 Å². The minimum absolute atomic E-state index is 0.0381. The van der Waals surface area contributed by atoms with Crippen LogP contribution in [0, 0.1) is 18.7 Å². The van der Waals surface area contributed by atoms with E-state index >= 15 is 0 Å². The van der Waals surface area contributed by atoms with Crippen molar-refractivity contribution < 1.29 is 4.39 Å². The zero-order valence-corrected chi connectivity index (χ0v) is 20.6. The van der Waals surface area contributed by atoms with E-state index in [1.54, 1.807) is 19.1 Å². The summed E-state index contributed by atoms with van der Waals surface area (Å²) in [6.45, 7) is 4.76. The maximum absolute atomic E-state index is 14.5. The summed E-state index contributed by atoms with van der Waals surface area (Å²) in [5.41, 5.74) is 2.45. The van der Waals surface area contributed by atoms with Crippen LogP contribution in [0.4, 0.5) is 10.3 Å². The largest absolute Gasteiger partial charge is 0.332 e. The Hall–Kier alpha value is -2.11. The van der Waals surface area contributed by atoms with Crippen molar-refractivity contribution in [3.8, 4) is 5.69 Å². The van der Waals surface area contributed by atoms with Crippen LogP contribution in [0.25, 0.3) is 5.69 Å². The highest BCUT2D eigenvalue weighted by Crippen LogP contribution is 2.44. The van der Waals surface area contributed by atoms with E-state index in [1.807, 2.05) is 22.9 Å². The molecule has 5 rings (SSSR count). The van der Waals surface area contributed by atoms with Crippen LogP contribution in [0.2, 0.25) is 10.0 Å². The molecule has 2 saturated carbocycles. The van der Waals surface area contributed by atoms with Gasteiger partial charge in [0, 0.05) is 17.5 Å². The van der Waals surface area contributed by atoms with Gasteiger partial charge in [-0.1, -0.05) is 55.1 Å². The van der Waals surface area contributed by atoms with Gasteiger partial charge < -0.3 is 4.90 Å². The number of nitrogens with zero attached hydrogens (tertiary/aromatic N) is 4. The SMILES string of the molecule is CCCN(c1nc(C2CC2)n(-c2ccc(Cl)cc2Cl)n1)C(CC1CC1)c1ccc(C)c(F)c1. The fourth-order valence-corrected chi connectivity index (χ4v) is 4.92. The van der Waals surface area contributed by atoms with Crippen molar-refractivity contribution in [1.29, 1.82) is 0 Å². The van der Waals surface area contributed by atoms with E-state index in [2.05, 4.69) is 17.9 Å². The van der Waals surface area contributed by atoms with Gasteiger partial charge in [-0.15, -0.1) is 5.10 Å². The molecule has 1 heterocycles. The molecule has 1 atom stereocenters. The molecule has 0 bridgehead atoms. The Labute approximate surface area is 204 Å². The van der Waals surface area contributed by atoms with Crippen molar-refractivity contribution >= 4 is 29.2 Å². The van der Waals surface area contributed by atoms with Crippen LogP contribution in [-0.2, 0) is 0 Å². The van der Waals surface area contributed by atoms with Gasteiger partial charge in [-0.25, -0.2) is 9.07 Å². The minimum atomic E-state index is -0.158. The Morgan fingerprint density at radius 2 is 1.91 bits per heavy atom. The van der Waals surface area contributed by atoms with Crippen molar-refractivity contribution in [2.75, 3.05) is 11.4 Å². The monoisotopic (exact) mass is 486 g/mol. The normalized spacial score (nSPS) is 16.8. The van der Waals surface area contributed by atoms with Gasteiger partial charge in [0.2, 0.25) is 5.95 Å². The molecule has 0 amide bonds. The summed E-state index contributed by atoms with van der Waals surface area (Å²) in [5.74, 6) is 2.54. The van der Waals surface area contributed by atoms with Crippen LogP contribution in [-0.4, -0.2) is 21.3 Å². The third-order valence-electron chi connectivity index (χ3n) is 6.63. The number of benzene rings is 2. The van der Waals surface area contributed by atoms with Crippen LogP contribution in [0.1, 0.15) is 74.4 Å². The van der Waals surface area contributed by atoms with E-state index in [0.717, 1.165) is 49.3 Å². The molecule has 0 N–H and O–H groups in total. The van der Waals surface area contributed by atoms with Crippen LogP contribution < -0.4 is 4.90 Å². The lowest BCUT2D eigenvalue weighted by atomic mass is 9.98. The van der Waals surface area contributed by atoms with Gasteiger partial charge in [0.1, 0.15) is 11.6 Å². The van der Waals surface area contributed by atoms with Gasteiger partial charge >= 0.3 is 0 Å². The fourth-order valence-electron chi connectivity index (χ4n) is 4.44.